The van der Waals surface area contributed by atoms with E-state index in [1.807, 2.05) is 17.5 Å². The van der Waals surface area contributed by atoms with Gasteiger partial charge in [-0.05, 0) is 53.3 Å². The lowest BCUT2D eigenvalue weighted by atomic mass is 9.97. The van der Waals surface area contributed by atoms with Crippen LogP contribution in [0.2, 0.25) is 0 Å². The highest BCUT2D eigenvalue weighted by atomic mass is 32.1. The Balaban J connectivity index is 1.72. The molecule has 0 aliphatic carbocycles. The standard InChI is InChI=1S/C27H23NS/c1-17(2)23-15-25(28-16-18(23)3)22-11-7-10-21-24-14-20(19-8-5-4-6-9-19)12-13-26(24)29-27(21)22/h4-17H,1-3H3. The van der Waals surface area contributed by atoms with Crippen molar-refractivity contribution in [3.63, 3.8) is 0 Å². The quantitative estimate of drug-likeness (QED) is 0.301. The maximum Gasteiger partial charge on any atom is 0.0719 e. The molecule has 0 saturated carbocycles. The van der Waals surface area contributed by atoms with Crippen LogP contribution in [0.4, 0.5) is 0 Å². The van der Waals surface area contributed by atoms with Crippen LogP contribution in [0.1, 0.15) is 30.9 Å². The summed E-state index contributed by atoms with van der Waals surface area (Å²) in [4.78, 5) is 4.78. The van der Waals surface area contributed by atoms with Crippen LogP contribution in [0, 0.1) is 6.92 Å². The SMILES string of the molecule is Cc1cnc(-c2cccc3c2sc2ccc(-c4ccccc4)cc23)cc1C(C)C. The van der Waals surface area contributed by atoms with Gasteiger partial charge in [0.1, 0.15) is 0 Å². The van der Waals surface area contributed by atoms with E-state index in [1.165, 1.54) is 48.0 Å². The molecule has 0 aliphatic heterocycles. The van der Waals surface area contributed by atoms with Crippen molar-refractivity contribution in [1.82, 2.24) is 4.98 Å². The second kappa shape index (κ2) is 7.13. The van der Waals surface area contributed by atoms with Gasteiger partial charge in [0.05, 0.1) is 5.69 Å². The highest BCUT2D eigenvalue weighted by Gasteiger charge is 2.14. The summed E-state index contributed by atoms with van der Waals surface area (Å²) in [5, 5.41) is 2.64. The van der Waals surface area contributed by atoms with Crippen LogP contribution in [0.15, 0.2) is 79.0 Å². The number of aryl methyl sites for hydroxylation is 1. The summed E-state index contributed by atoms with van der Waals surface area (Å²) in [6, 6.07) is 26.3. The van der Waals surface area contributed by atoms with Crippen molar-refractivity contribution in [3.05, 3.63) is 90.1 Å². The predicted molar refractivity (Wildman–Crippen MR) is 127 cm³/mol. The number of aromatic nitrogens is 1. The highest BCUT2D eigenvalue weighted by molar-refractivity contribution is 7.26. The molecule has 0 atom stereocenters. The van der Waals surface area contributed by atoms with Crippen LogP contribution in [0.25, 0.3) is 42.6 Å². The molecule has 142 valence electrons. The third-order valence-corrected chi connectivity index (χ3v) is 6.87. The van der Waals surface area contributed by atoms with Crippen molar-refractivity contribution < 1.29 is 0 Å². The average molecular weight is 394 g/mol. The minimum absolute atomic E-state index is 0.492. The topological polar surface area (TPSA) is 12.9 Å². The van der Waals surface area contributed by atoms with Crippen molar-refractivity contribution in [2.24, 2.45) is 0 Å². The number of rotatable bonds is 3. The minimum atomic E-state index is 0.492. The summed E-state index contributed by atoms with van der Waals surface area (Å²) < 4.78 is 2.64. The number of thiophene rings is 1. The minimum Gasteiger partial charge on any atom is -0.256 e. The number of hydrogen-bond acceptors (Lipinski definition) is 2. The number of benzene rings is 3. The molecular weight excluding hydrogens is 370 g/mol. The predicted octanol–water partition coefficient (Wildman–Crippen LogP) is 8.22. The molecule has 0 saturated heterocycles. The lowest BCUT2D eigenvalue weighted by molar-refractivity contribution is 0.852. The molecule has 0 bridgehead atoms. The summed E-state index contributed by atoms with van der Waals surface area (Å²) in [5.41, 5.74) is 7.45. The molecule has 2 heterocycles. The van der Waals surface area contributed by atoms with Gasteiger partial charge in [0.15, 0.2) is 0 Å². The van der Waals surface area contributed by atoms with Gasteiger partial charge in [0.2, 0.25) is 0 Å². The smallest absolute Gasteiger partial charge is 0.0719 e. The van der Waals surface area contributed by atoms with Gasteiger partial charge in [-0.1, -0.05) is 68.4 Å². The maximum absolute atomic E-state index is 4.78. The molecule has 29 heavy (non-hydrogen) atoms. The zero-order valence-corrected chi connectivity index (χ0v) is 17.8. The number of nitrogens with zero attached hydrogens (tertiary/aromatic N) is 1. The van der Waals surface area contributed by atoms with Gasteiger partial charge < -0.3 is 0 Å². The van der Waals surface area contributed by atoms with E-state index in [2.05, 4.69) is 93.6 Å². The van der Waals surface area contributed by atoms with Gasteiger partial charge in [-0.3, -0.25) is 4.98 Å². The fourth-order valence-electron chi connectivity index (χ4n) is 4.12. The maximum atomic E-state index is 4.78. The van der Waals surface area contributed by atoms with Crippen LogP contribution in [-0.2, 0) is 0 Å². The fraction of sp³-hybridized carbons (Fsp3) is 0.148. The average Bonchev–Trinajstić information content (AvgIpc) is 3.12. The number of fused-ring (bicyclic) bond motifs is 3. The highest BCUT2D eigenvalue weighted by Crippen LogP contribution is 2.41. The van der Waals surface area contributed by atoms with Crippen LogP contribution < -0.4 is 0 Å². The van der Waals surface area contributed by atoms with Gasteiger partial charge in [-0.15, -0.1) is 11.3 Å². The fourth-order valence-corrected chi connectivity index (χ4v) is 5.32. The molecule has 2 aromatic heterocycles. The number of hydrogen-bond donors (Lipinski definition) is 0. The van der Waals surface area contributed by atoms with Gasteiger partial charge >= 0.3 is 0 Å². The molecule has 5 aromatic rings. The first-order valence-corrected chi connectivity index (χ1v) is 10.9. The molecule has 0 N–H and O–H groups in total. The third kappa shape index (κ3) is 3.14. The van der Waals surface area contributed by atoms with Gasteiger partial charge in [0.25, 0.3) is 0 Å². The second-order valence-corrected chi connectivity index (χ2v) is 8.99. The Kier molecular flexibility index (Phi) is 4.44. The molecule has 0 amide bonds. The Hall–Kier alpha value is -2.97. The summed E-state index contributed by atoms with van der Waals surface area (Å²) in [6.07, 6.45) is 2.02. The molecule has 0 aliphatic rings. The monoisotopic (exact) mass is 393 g/mol. The van der Waals surface area contributed by atoms with Crippen molar-refractivity contribution in [2.45, 2.75) is 26.7 Å². The zero-order valence-electron chi connectivity index (χ0n) is 16.9. The van der Waals surface area contributed by atoms with Crippen LogP contribution in [0.3, 0.4) is 0 Å². The molecule has 1 nitrogen and oxygen atoms in total. The molecule has 0 fully saturated rings. The Morgan fingerprint density at radius 1 is 0.793 bits per heavy atom. The van der Waals surface area contributed by atoms with Crippen molar-refractivity contribution in [3.8, 4) is 22.4 Å². The summed E-state index contributed by atoms with van der Waals surface area (Å²) in [7, 11) is 0. The Labute approximate surface area is 175 Å². The summed E-state index contributed by atoms with van der Waals surface area (Å²) in [6.45, 7) is 6.64. The first-order chi connectivity index (χ1) is 14.1. The largest absolute Gasteiger partial charge is 0.256 e. The summed E-state index contributed by atoms with van der Waals surface area (Å²) in [5.74, 6) is 0.492. The Morgan fingerprint density at radius 3 is 2.41 bits per heavy atom. The molecule has 5 rings (SSSR count). The van der Waals surface area contributed by atoms with Gasteiger partial charge in [-0.2, -0.15) is 0 Å². The molecular formula is C27H23NS. The van der Waals surface area contributed by atoms with E-state index in [-0.39, 0.29) is 0 Å². The van der Waals surface area contributed by atoms with E-state index >= 15 is 0 Å². The third-order valence-electron chi connectivity index (χ3n) is 5.65. The Morgan fingerprint density at radius 2 is 1.62 bits per heavy atom. The first kappa shape index (κ1) is 18.1. The van der Waals surface area contributed by atoms with Crippen molar-refractivity contribution in [2.75, 3.05) is 0 Å². The van der Waals surface area contributed by atoms with E-state index in [0.717, 1.165) is 5.69 Å². The van der Waals surface area contributed by atoms with E-state index in [9.17, 15) is 0 Å². The molecule has 0 spiro atoms. The van der Waals surface area contributed by atoms with Crippen LogP contribution >= 0.6 is 11.3 Å². The van der Waals surface area contributed by atoms with Crippen LogP contribution in [0.5, 0.6) is 0 Å². The summed E-state index contributed by atoms with van der Waals surface area (Å²) >= 11 is 1.87. The van der Waals surface area contributed by atoms with Crippen LogP contribution in [-0.4, -0.2) is 4.98 Å². The van der Waals surface area contributed by atoms with E-state index < -0.39 is 0 Å². The first-order valence-electron chi connectivity index (χ1n) is 10.1. The molecule has 3 aromatic carbocycles. The lowest BCUT2D eigenvalue weighted by Gasteiger charge is -2.12. The van der Waals surface area contributed by atoms with E-state index in [1.54, 1.807) is 0 Å². The number of pyridine rings is 1. The second-order valence-electron chi connectivity index (χ2n) is 7.94. The lowest BCUT2D eigenvalue weighted by Crippen LogP contribution is -1.95. The Bertz CT molecular complexity index is 1330. The van der Waals surface area contributed by atoms with Crippen molar-refractivity contribution in [1.29, 1.82) is 0 Å². The molecule has 0 radical (unpaired) electrons. The van der Waals surface area contributed by atoms with Crippen molar-refractivity contribution >= 4 is 31.5 Å². The van der Waals surface area contributed by atoms with E-state index in [4.69, 9.17) is 4.98 Å². The molecule has 0 unspecified atom stereocenters. The van der Waals surface area contributed by atoms with Gasteiger partial charge in [0, 0.05) is 31.9 Å². The molecule has 2 heteroatoms. The van der Waals surface area contributed by atoms with Gasteiger partial charge in [-0.25, -0.2) is 0 Å². The normalized spacial score (nSPS) is 11.6. The van der Waals surface area contributed by atoms with E-state index in [0.29, 0.717) is 5.92 Å². The zero-order chi connectivity index (χ0) is 20.0.